The molecular weight excluding hydrogens is 526 g/mol. The molecule has 0 radical (unpaired) electrons. The zero-order valence-corrected chi connectivity index (χ0v) is 26.0. The van der Waals surface area contributed by atoms with Gasteiger partial charge in [-0.2, -0.15) is 0 Å². The number of rotatable bonds is 9. The Bertz CT molecular complexity index is 1420. The van der Waals surface area contributed by atoms with E-state index in [1.54, 1.807) is 25.7 Å². The van der Waals surface area contributed by atoms with Crippen molar-refractivity contribution in [1.29, 1.82) is 0 Å². The molecule has 3 atom stereocenters. The molecule has 1 saturated carbocycles. The van der Waals surface area contributed by atoms with Gasteiger partial charge in [0, 0.05) is 11.7 Å². The smallest absolute Gasteiger partial charge is 0.408 e. The summed E-state index contributed by atoms with van der Waals surface area (Å²) in [4.78, 5) is 43.7. The second kappa shape index (κ2) is 13.0. The molecule has 7 heteroatoms. The number of hydrogen-bond donors (Lipinski definition) is 2. The molecule has 0 aromatic heterocycles. The number of carbonyl (C=O) groups excluding carboxylic acids is 3. The summed E-state index contributed by atoms with van der Waals surface area (Å²) < 4.78 is 5.54. The van der Waals surface area contributed by atoms with E-state index < -0.39 is 23.8 Å². The molecule has 0 saturated heterocycles. The highest BCUT2D eigenvalue weighted by molar-refractivity contribution is 6.01. The molecule has 3 aromatic rings. The minimum Gasteiger partial charge on any atom is -0.444 e. The predicted octanol–water partition coefficient (Wildman–Crippen LogP) is 7.46. The van der Waals surface area contributed by atoms with Gasteiger partial charge in [-0.25, -0.2) is 4.79 Å². The van der Waals surface area contributed by atoms with Crippen molar-refractivity contribution in [3.63, 3.8) is 0 Å². The van der Waals surface area contributed by atoms with Gasteiger partial charge in [-0.1, -0.05) is 68.8 Å². The predicted molar refractivity (Wildman–Crippen MR) is 168 cm³/mol. The summed E-state index contributed by atoms with van der Waals surface area (Å²) in [7, 11) is 0. The fraction of sp³-hybridized carbons (Fsp3) is 0.457. The van der Waals surface area contributed by atoms with Gasteiger partial charge in [-0.05, 0) is 99.4 Å². The lowest BCUT2D eigenvalue weighted by molar-refractivity contribution is -0.147. The van der Waals surface area contributed by atoms with Crippen molar-refractivity contribution in [3.05, 3.63) is 77.4 Å². The van der Waals surface area contributed by atoms with Gasteiger partial charge < -0.3 is 20.3 Å². The van der Waals surface area contributed by atoms with Crippen molar-refractivity contribution in [2.75, 3.05) is 5.32 Å². The van der Waals surface area contributed by atoms with Gasteiger partial charge in [-0.3, -0.25) is 9.59 Å². The van der Waals surface area contributed by atoms with E-state index >= 15 is 0 Å². The molecular formula is C35H45N3O4. The zero-order valence-electron chi connectivity index (χ0n) is 26.0. The van der Waals surface area contributed by atoms with E-state index in [0.717, 1.165) is 46.7 Å². The van der Waals surface area contributed by atoms with Crippen LogP contribution in [0, 0.1) is 19.8 Å². The van der Waals surface area contributed by atoms with Crippen LogP contribution in [0.15, 0.2) is 60.7 Å². The van der Waals surface area contributed by atoms with Crippen molar-refractivity contribution in [1.82, 2.24) is 10.2 Å². The number of aryl methyl sites for hydroxylation is 2. The van der Waals surface area contributed by atoms with E-state index in [1.807, 2.05) is 88.4 Å². The van der Waals surface area contributed by atoms with Gasteiger partial charge in [0.05, 0.1) is 0 Å². The number of nitrogens with zero attached hydrogens (tertiary/aromatic N) is 1. The van der Waals surface area contributed by atoms with Gasteiger partial charge in [0.15, 0.2) is 0 Å². The lowest BCUT2D eigenvalue weighted by Crippen LogP contribution is -2.58. The van der Waals surface area contributed by atoms with Crippen LogP contribution in [-0.4, -0.2) is 40.5 Å². The molecule has 4 rings (SSSR count). The third-order valence-electron chi connectivity index (χ3n) is 8.23. The number of ether oxygens (including phenoxy) is 1. The third-order valence-corrected chi connectivity index (χ3v) is 8.23. The Morgan fingerprint density at radius 2 is 1.60 bits per heavy atom. The van der Waals surface area contributed by atoms with Crippen molar-refractivity contribution in [2.24, 2.45) is 5.92 Å². The third kappa shape index (κ3) is 7.12. The Labute approximate surface area is 250 Å². The molecule has 42 heavy (non-hydrogen) atoms. The van der Waals surface area contributed by atoms with Crippen LogP contribution in [-0.2, 0) is 14.3 Å². The van der Waals surface area contributed by atoms with E-state index in [9.17, 15) is 14.4 Å². The Hall–Kier alpha value is -3.87. The molecule has 224 valence electrons. The summed E-state index contributed by atoms with van der Waals surface area (Å²) in [6.45, 7) is 13.3. The lowest BCUT2D eigenvalue weighted by atomic mass is 9.85. The number of fused-ring (bicyclic) bond motifs is 1. The van der Waals surface area contributed by atoms with Crippen LogP contribution in [0.1, 0.15) is 83.0 Å². The number of benzene rings is 3. The molecule has 0 bridgehead atoms. The number of anilines is 1. The summed E-state index contributed by atoms with van der Waals surface area (Å²) >= 11 is 0. The van der Waals surface area contributed by atoms with Crippen LogP contribution in [0.25, 0.3) is 10.8 Å². The first-order chi connectivity index (χ1) is 19.9. The molecule has 1 aliphatic rings. The number of hydrogen-bond acceptors (Lipinski definition) is 4. The highest BCUT2D eigenvalue weighted by atomic mass is 16.6. The molecule has 2 N–H and O–H groups in total. The van der Waals surface area contributed by atoms with Crippen LogP contribution in [0.3, 0.4) is 0 Å². The molecule has 3 unspecified atom stereocenters. The molecule has 0 heterocycles. The summed E-state index contributed by atoms with van der Waals surface area (Å²) in [5, 5.41) is 8.10. The van der Waals surface area contributed by atoms with Crippen molar-refractivity contribution < 1.29 is 19.1 Å². The molecule has 0 aliphatic heterocycles. The van der Waals surface area contributed by atoms with Crippen LogP contribution in [0.2, 0.25) is 0 Å². The van der Waals surface area contributed by atoms with Gasteiger partial charge >= 0.3 is 6.09 Å². The zero-order chi connectivity index (χ0) is 30.6. The maximum Gasteiger partial charge on any atom is 0.408 e. The summed E-state index contributed by atoms with van der Waals surface area (Å²) in [5.41, 5.74) is 2.65. The van der Waals surface area contributed by atoms with Gasteiger partial charge in [0.2, 0.25) is 5.91 Å². The Morgan fingerprint density at radius 3 is 2.17 bits per heavy atom. The SMILES string of the molecule is CCC(C)C(NC(=O)OC(C)(C)C)C(=O)N(C1CCC1)C(C(=O)Nc1ccc2ccccc2c1)c1c(C)cccc1C. The normalized spacial score (nSPS) is 15.7. The molecule has 3 aromatic carbocycles. The van der Waals surface area contributed by atoms with Crippen LogP contribution in [0.4, 0.5) is 10.5 Å². The molecule has 1 aliphatic carbocycles. The van der Waals surface area contributed by atoms with E-state index in [4.69, 9.17) is 4.74 Å². The number of alkyl carbamates (subject to hydrolysis) is 1. The van der Waals surface area contributed by atoms with Gasteiger partial charge in [0.25, 0.3) is 5.91 Å². The minimum absolute atomic E-state index is 0.115. The fourth-order valence-corrected chi connectivity index (χ4v) is 5.59. The quantitative estimate of drug-likeness (QED) is 0.279. The first-order valence-electron chi connectivity index (χ1n) is 15.1. The lowest BCUT2D eigenvalue weighted by Gasteiger charge is -2.45. The largest absolute Gasteiger partial charge is 0.444 e. The van der Waals surface area contributed by atoms with E-state index in [2.05, 4.69) is 10.6 Å². The molecule has 0 spiro atoms. The highest BCUT2D eigenvalue weighted by Gasteiger charge is 2.44. The van der Waals surface area contributed by atoms with Gasteiger partial charge in [-0.15, -0.1) is 0 Å². The van der Waals surface area contributed by atoms with Crippen molar-refractivity contribution >= 4 is 34.4 Å². The van der Waals surface area contributed by atoms with Crippen LogP contribution in [0.5, 0.6) is 0 Å². The first kappa shape index (κ1) is 31.1. The highest BCUT2D eigenvalue weighted by Crippen LogP contribution is 2.37. The molecule has 1 fully saturated rings. The summed E-state index contributed by atoms with van der Waals surface area (Å²) in [5.74, 6) is -0.709. The average molecular weight is 572 g/mol. The second-order valence-electron chi connectivity index (χ2n) is 12.6. The fourth-order valence-electron chi connectivity index (χ4n) is 5.59. The Kier molecular flexibility index (Phi) is 9.60. The van der Waals surface area contributed by atoms with Crippen molar-refractivity contribution in [3.8, 4) is 0 Å². The minimum atomic E-state index is -0.873. The number of carbonyl (C=O) groups is 3. The van der Waals surface area contributed by atoms with E-state index in [-0.39, 0.29) is 23.8 Å². The van der Waals surface area contributed by atoms with Crippen molar-refractivity contribution in [2.45, 2.75) is 97.9 Å². The Balaban J connectivity index is 1.77. The average Bonchev–Trinajstić information content (AvgIpc) is 2.90. The second-order valence-corrected chi connectivity index (χ2v) is 12.6. The molecule has 7 nitrogen and oxygen atoms in total. The van der Waals surface area contributed by atoms with E-state index in [0.29, 0.717) is 12.1 Å². The topological polar surface area (TPSA) is 87.7 Å². The number of nitrogens with one attached hydrogen (secondary N) is 2. The first-order valence-corrected chi connectivity index (χ1v) is 15.1. The standard InChI is InChI=1S/C35H45N3O4/c1-8-22(2)30(37-34(41)42-35(5,6)7)33(40)38(28-17-12-18-28)31(29-23(3)13-11-14-24(29)4)32(39)36-27-20-19-25-15-9-10-16-26(25)21-27/h9-11,13-16,19-22,28,30-31H,8,12,17-18H2,1-7H3,(H,36,39)(H,37,41). The maximum atomic E-state index is 14.6. The van der Waals surface area contributed by atoms with Gasteiger partial charge in [0.1, 0.15) is 17.7 Å². The monoisotopic (exact) mass is 571 g/mol. The van der Waals surface area contributed by atoms with E-state index in [1.165, 1.54) is 0 Å². The summed E-state index contributed by atoms with van der Waals surface area (Å²) in [6, 6.07) is 17.9. The molecule has 3 amide bonds. The maximum absolute atomic E-state index is 14.6. The Morgan fingerprint density at radius 1 is 0.952 bits per heavy atom. The van der Waals surface area contributed by atoms with Crippen LogP contribution >= 0.6 is 0 Å². The van der Waals surface area contributed by atoms with Crippen LogP contribution < -0.4 is 10.6 Å². The number of amides is 3. The summed E-state index contributed by atoms with van der Waals surface area (Å²) in [6.07, 6.45) is 2.61.